The second-order valence-corrected chi connectivity index (χ2v) is 9.67. The van der Waals surface area contributed by atoms with Crippen LogP contribution in [0.25, 0.3) is 0 Å². The SMILES string of the molecule is Cc1ccc(SCCCCCCC(=O)O)c(OCCCCCCCCCCCC(=O)O)c1. The summed E-state index contributed by atoms with van der Waals surface area (Å²) >= 11 is 1.83. The number of thioether (sulfide) groups is 1. The third-order valence-corrected chi connectivity index (χ3v) is 6.58. The summed E-state index contributed by atoms with van der Waals surface area (Å²) < 4.78 is 6.10. The van der Waals surface area contributed by atoms with E-state index < -0.39 is 11.9 Å². The minimum Gasteiger partial charge on any atom is -0.492 e. The minimum atomic E-state index is -0.703. The molecule has 0 bridgehead atoms. The fraction of sp³-hybridized carbons (Fsp3) is 0.692. The highest BCUT2D eigenvalue weighted by Crippen LogP contribution is 2.31. The second-order valence-electron chi connectivity index (χ2n) is 8.53. The molecule has 1 aromatic rings. The Bertz CT molecular complexity index is 647. The van der Waals surface area contributed by atoms with Gasteiger partial charge in [-0.3, -0.25) is 9.59 Å². The minimum absolute atomic E-state index is 0.275. The summed E-state index contributed by atoms with van der Waals surface area (Å²) in [7, 11) is 0. The third-order valence-electron chi connectivity index (χ3n) is 5.43. The van der Waals surface area contributed by atoms with E-state index in [1.165, 1.54) is 42.6 Å². The maximum absolute atomic E-state index is 10.5. The summed E-state index contributed by atoms with van der Waals surface area (Å²) in [5, 5.41) is 17.3. The lowest BCUT2D eigenvalue weighted by Gasteiger charge is -2.12. The van der Waals surface area contributed by atoms with Crippen LogP contribution in [0.1, 0.15) is 102 Å². The normalized spacial score (nSPS) is 10.9. The van der Waals surface area contributed by atoms with Crippen LogP contribution in [0.3, 0.4) is 0 Å². The van der Waals surface area contributed by atoms with Gasteiger partial charge in [-0.2, -0.15) is 0 Å². The molecule has 0 aliphatic carbocycles. The van der Waals surface area contributed by atoms with Crippen molar-refractivity contribution in [3.05, 3.63) is 23.8 Å². The van der Waals surface area contributed by atoms with Gasteiger partial charge in [0.25, 0.3) is 0 Å². The zero-order valence-electron chi connectivity index (χ0n) is 19.8. The molecule has 5 nitrogen and oxygen atoms in total. The molecule has 0 aliphatic rings. The Kier molecular flexibility index (Phi) is 16.7. The number of unbranched alkanes of at least 4 members (excludes halogenated alkanes) is 11. The van der Waals surface area contributed by atoms with Gasteiger partial charge in [-0.1, -0.05) is 63.9 Å². The molecule has 0 spiro atoms. The lowest BCUT2D eigenvalue weighted by molar-refractivity contribution is -0.138. The van der Waals surface area contributed by atoms with Crippen molar-refractivity contribution in [1.82, 2.24) is 0 Å². The van der Waals surface area contributed by atoms with E-state index in [4.69, 9.17) is 14.9 Å². The van der Waals surface area contributed by atoms with E-state index >= 15 is 0 Å². The zero-order valence-corrected chi connectivity index (χ0v) is 20.6. The first-order chi connectivity index (χ1) is 15.5. The molecule has 0 fully saturated rings. The van der Waals surface area contributed by atoms with E-state index in [1.54, 1.807) is 0 Å². The van der Waals surface area contributed by atoms with Crippen molar-refractivity contribution < 1.29 is 24.5 Å². The van der Waals surface area contributed by atoms with Gasteiger partial charge in [-0.05, 0) is 56.1 Å². The smallest absolute Gasteiger partial charge is 0.303 e. The van der Waals surface area contributed by atoms with Gasteiger partial charge < -0.3 is 14.9 Å². The van der Waals surface area contributed by atoms with Crippen LogP contribution in [0.2, 0.25) is 0 Å². The highest BCUT2D eigenvalue weighted by atomic mass is 32.2. The largest absolute Gasteiger partial charge is 0.492 e. The van der Waals surface area contributed by atoms with Crippen LogP contribution in [0.5, 0.6) is 5.75 Å². The lowest BCUT2D eigenvalue weighted by Crippen LogP contribution is -1.99. The van der Waals surface area contributed by atoms with Gasteiger partial charge >= 0.3 is 11.9 Å². The fourth-order valence-corrected chi connectivity index (χ4v) is 4.55. The van der Waals surface area contributed by atoms with Crippen LogP contribution in [0.4, 0.5) is 0 Å². The molecule has 2 N–H and O–H groups in total. The van der Waals surface area contributed by atoms with Gasteiger partial charge in [0.15, 0.2) is 0 Å². The first kappa shape index (κ1) is 28.3. The zero-order chi connectivity index (χ0) is 23.4. The highest BCUT2D eigenvalue weighted by Gasteiger charge is 2.06. The van der Waals surface area contributed by atoms with Gasteiger partial charge in [0.1, 0.15) is 5.75 Å². The number of hydrogen-bond acceptors (Lipinski definition) is 4. The molecule has 0 aliphatic heterocycles. The number of carboxylic acids is 2. The molecule has 0 saturated carbocycles. The standard InChI is InChI=1S/C26H42O5S/c1-22-17-18-24(32-20-14-10-8-12-16-26(29)30)23(21-22)31-19-13-9-6-4-2-3-5-7-11-15-25(27)28/h17-18,21H,2-16,19-20H2,1H3,(H,27,28)(H,29,30). The van der Waals surface area contributed by atoms with E-state index in [1.807, 2.05) is 11.8 Å². The predicted molar refractivity (Wildman–Crippen MR) is 132 cm³/mol. The Morgan fingerprint density at radius 2 is 1.25 bits per heavy atom. The van der Waals surface area contributed by atoms with Crippen LogP contribution in [-0.4, -0.2) is 34.5 Å². The van der Waals surface area contributed by atoms with Crippen molar-refractivity contribution >= 4 is 23.7 Å². The molecule has 0 heterocycles. The average Bonchev–Trinajstić information content (AvgIpc) is 2.74. The number of aryl methyl sites for hydroxylation is 1. The van der Waals surface area contributed by atoms with Crippen LogP contribution >= 0.6 is 11.8 Å². The first-order valence-corrected chi connectivity index (χ1v) is 13.3. The summed E-state index contributed by atoms with van der Waals surface area (Å²) in [5.74, 6) is 0.629. The summed E-state index contributed by atoms with van der Waals surface area (Å²) in [6, 6.07) is 6.40. The topological polar surface area (TPSA) is 83.8 Å². The van der Waals surface area contributed by atoms with Crippen LogP contribution in [-0.2, 0) is 9.59 Å². The van der Waals surface area contributed by atoms with Gasteiger partial charge in [-0.25, -0.2) is 0 Å². The molecule has 32 heavy (non-hydrogen) atoms. The molecule has 0 atom stereocenters. The Morgan fingerprint density at radius 3 is 1.81 bits per heavy atom. The van der Waals surface area contributed by atoms with Gasteiger partial charge in [0, 0.05) is 17.7 Å². The van der Waals surface area contributed by atoms with Gasteiger partial charge in [-0.15, -0.1) is 11.8 Å². The molecule has 1 rings (SSSR count). The van der Waals surface area contributed by atoms with E-state index in [0.29, 0.717) is 6.42 Å². The Morgan fingerprint density at radius 1 is 0.750 bits per heavy atom. The second kappa shape index (κ2) is 18.8. The monoisotopic (exact) mass is 466 g/mol. The van der Waals surface area contributed by atoms with Gasteiger partial charge in [0.2, 0.25) is 0 Å². The molecule has 6 heteroatoms. The number of hydrogen-bond donors (Lipinski definition) is 2. The van der Waals surface area contributed by atoms with Crippen LogP contribution in [0, 0.1) is 6.92 Å². The van der Waals surface area contributed by atoms with E-state index in [9.17, 15) is 9.59 Å². The molecular formula is C26H42O5S. The molecule has 1 aromatic carbocycles. The summed E-state index contributed by atoms with van der Waals surface area (Å²) in [5.41, 5.74) is 1.21. The molecule has 0 saturated heterocycles. The average molecular weight is 467 g/mol. The molecular weight excluding hydrogens is 424 g/mol. The number of carboxylic acid groups (broad SMARTS) is 2. The van der Waals surface area contributed by atoms with E-state index in [2.05, 4.69) is 25.1 Å². The maximum Gasteiger partial charge on any atom is 0.303 e. The number of benzene rings is 1. The molecule has 0 amide bonds. The van der Waals surface area contributed by atoms with Crippen molar-refractivity contribution in [3.8, 4) is 5.75 Å². The molecule has 0 aromatic heterocycles. The van der Waals surface area contributed by atoms with Crippen molar-refractivity contribution in [3.63, 3.8) is 0 Å². The molecule has 0 unspecified atom stereocenters. The van der Waals surface area contributed by atoms with Crippen molar-refractivity contribution in [2.45, 2.75) is 108 Å². The number of carbonyl (C=O) groups is 2. The van der Waals surface area contributed by atoms with Crippen molar-refractivity contribution in [2.75, 3.05) is 12.4 Å². The third kappa shape index (κ3) is 16.0. The van der Waals surface area contributed by atoms with Crippen LogP contribution < -0.4 is 4.74 Å². The maximum atomic E-state index is 10.5. The Labute approximate surface area is 198 Å². The Balaban J connectivity index is 2.10. The molecule has 182 valence electrons. The quantitative estimate of drug-likeness (QED) is 0.144. The lowest BCUT2D eigenvalue weighted by atomic mass is 10.1. The summed E-state index contributed by atoms with van der Waals surface area (Å²) in [6.07, 6.45) is 14.7. The number of ether oxygens (including phenoxy) is 1. The van der Waals surface area contributed by atoms with Crippen molar-refractivity contribution in [2.24, 2.45) is 0 Å². The fourth-order valence-electron chi connectivity index (χ4n) is 3.56. The van der Waals surface area contributed by atoms with Crippen molar-refractivity contribution in [1.29, 1.82) is 0 Å². The first-order valence-electron chi connectivity index (χ1n) is 12.3. The highest BCUT2D eigenvalue weighted by molar-refractivity contribution is 7.99. The predicted octanol–water partition coefficient (Wildman–Crippen LogP) is 7.49. The van der Waals surface area contributed by atoms with Gasteiger partial charge in [0.05, 0.1) is 6.61 Å². The Hall–Kier alpha value is -1.69. The van der Waals surface area contributed by atoms with E-state index in [-0.39, 0.29) is 6.42 Å². The number of aliphatic carboxylic acids is 2. The molecule has 0 radical (unpaired) electrons. The number of rotatable bonds is 21. The van der Waals surface area contributed by atoms with E-state index in [0.717, 1.165) is 69.5 Å². The summed E-state index contributed by atoms with van der Waals surface area (Å²) in [6.45, 7) is 2.84. The summed E-state index contributed by atoms with van der Waals surface area (Å²) in [4.78, 5) is 22.2. The van der Waals surface area contributed by atoms with Crippen LogP contribution in [0.15, 0.2) is 23.1 Å².